The monoisotopic (exact) mass is 229 g/mol. The molecule has 0 unspecified atom stereocenters. The third kappa shape index (κ3) is 3.12. The lowest BCUT2D eigenvalue weighted by molar-refractivity contribution is -0.141. The van der Waals surface area contributed by atoms with E-state index in [1.54, 1.807) is 20.8 Å². The summed E-state index contributed by atoms with van der Waals surface area (Å²) in [6.07, 6.45) is 0.0675. The molecule has 1 rings (SSSR count). The van der Waals surface area contributed by atoms with E-state index in [9.17, 15) is 9.59 Å². The molecule has 0 saturated carbocycles. The Morgan fingerprint density at radius 2 is 1.94 bits per heavy atom. The van der Waals surface area contributed by atoms with Crippen molar-refractivity contribution in [1.82, 2.24) is 4.90 Å². The van der Waals surface area contributed by atoms with Crippen LogP contribution in [0, 0.1) is 5.92 Å². The summed E-state index contributed by atoms with van der Waals surface area (Å²) in [6.45, 7) is 7.46. The van der Waals surface area contributed by atoms with Gasteiger partial charge in [-0.05, 0) is 34.1 Å². The van der Waals surface area contributed by atoms with Crippen molar-refractivity contribution >= 4 is 12.1 Å². The highest BCUT2D eigenvalue weighted by molar-refractivity contribution is 5.74. The number of carbonyl (C=O) groups excluding carboxylic acids is 1. The van der Waals surface area contributed by atoms with Gasteiger partial charge in [0.25, 0.3) is 0 Å². The van der Waals surface area contributed by atoms with E-state index in [2.05, 4.69) is 0 Å². The molecule has 0 aromatic carbocycles. The van der Waals surface area contributed by atoms with Crippen LogP contribution in [0.15, 0.2) is 0 Å². The van der Waals surface area contributed by atoms with Gasteiger partial charge < -0.3 is 14.7 Å². The van der Waals surface area contributed by atoms with Crippen molar-refractivity contribution in [3.05, 3.63) is 0 Å². The van der Waals surface area contributed by atoms with Crippen LogP contribution in [0.3, 0.4) is 0 Å². The van der Waals surface area contributed by atoms with Crippen LogP contribution in [-0.2, 0) is 9.53 Å². The summed E-state index contributed by atoms with van der Waals surface area (Å²) in [5.41, 5.74) is -0.544. The van der Waals surface area contributed by atoms with Gasteiger partial charge in [0.2, 0.25) is 0 Å². The Morgan fingerprint density at radius 1 is 1.38 bits per heavy atom. The SMILES string of the molecule is C[C@H]1C[C@H](C(=O)O)CN1C(=O)OC(C)(C)C. The van der Waals surface area contributed by atoms with E-state index in [0.717, 1.165) is 0 Å². The van der Waals surface area contributed by atoms with E-state index < -0.39 is 23.6 Å². The average molecular weight is 229 g/mol. The van der Waals surface area contributed by atoms with Crippen LogP contribution in [0.1, 0.15) is 34.1 Å². The second-order valence-electron chi connectivity index (χ2n) is 5.25. The summed E-state index contributed by atoms with van der Waals surface area (Å²) >= 11 is 0. The molecule has 0 spiro atoms. The Kier molecular flexibility index (Phi) is 3.45. The quantitative estimate of drug-likeness (QED) is 0.743. The van der Waals surface area contributed by atoms with Gasteiger partial charge in [0.15, 0.2) is 0 Å². The van der Waals surface area contributed by atoms with E-state index in [1.807, 2.05) is 6.92 Å². The van der Waals surface area contributed by atoms with Crippen LogP contribution in [0.4, 0.5) is 4.79 Å². The van der Waals surface area contributed by atoms with Crippen LogP contribution in [0.2, 0.25) is 0 Å². The number of carbonyl (C=O) groups is 2. The van der Waals surface area contributed by atoms with Gasteiger partial charge in [0.1, 0.15) is 5.60 Å². The lowest BCUT2D eigenvalue weighted by atomic mass is 10.1. The Hall–Kier alpha value is -1.26. The Morgan fingerprint density at radius 3 is 2.31 bits per heavy atom. The normalized spacial score (nSPS) is 25.6. The van der Waals surface area contributed by atoms with Gasteiger partial charge in [0.05, 0.1) is 5.92 Å². The molecule has 1 saturated heterocycles. The van der Waals surface area contributed by atoms with Crippen LogP contribution in [0.25, 0.3) is 0 Å². The molecule has 16 heavy (non-hydrogen) atoms. The van der Waals surface area contributed by atoms with Crippen LogP contribution >= 0.6 is 0 Å². The molecule has 1 aliphatic rings. The maximum atomic E-state index is 11.8. The standard InChI is InChI=1S/C11H19NO4/c1-7-5-8(9(13)14)6-12(7)10(15)16-11(2,3)4/h7-8H,5-6H2,1-4H3,(H,13,14)/t7-,8-/m0/s1. The maximum absolute atomic E-state index is 11.8. The average Bonchev–Trinajstić information content (AvgIpc) is 2.44. The first-order chi connectivity index (χ1) is 7.20. The molecule has 92 valence electrons. The van der Waals surface area contributed by atoms with Crippen LogP contribution < -0.4 is 0 Å². The van der Waals surface area contributed by atoms with E-state index in [1.165, 1.54) is 4.90 Å². The van der Waals surface area contributed by atoms with Crippen LogP contribution in [0.5, 0.6) is 0 Å². The molecule has 0 aromatic rings. The molecule has 1 amide bonds. The fourth-order valence-electron chi connectivity index (χ4n) is 1.78. The first-order valence-corrected chi connectivity index (χ1v) is 5.43. The second-order valence-corrected chi connectivity index (χ2v) is 5.25. The third-order valence-electron chi connectivity index (χ3n) is 2.55. The first kappa shape index (κ1) is 12.8. The summed E-state index contributed by atoms with van der Waals surface area (Å²) in [5.74, 6) is -1.32. The van der Waals surface area contributed by atoms with Crippen molar-refractivity contribution in [3.63, 3.8) is 0 Å². The fraction of sp³-hybridized carbons (Fsp3) is 0.818. The van der Waals surface area contributed by atoms with Crippen molar-refractivity contribution in [2.24, 2.45) is 5.92 Å². The molecule has 1 N–H and O–H groups in total. The lowest BCUT2D eigenvalue weighted by Crippen LogP contribution is -2.39. The smallest absolute Gasteiger partial charge is 0.410 e. The van der Waals surface area contributed by atoms with E-state index in [-0.39, 0.29) is 12.6 Å². The number of hydrogen-bond acceptors (Lipinski definition) is 3. The zero-order chi connectivity index (χ0) is 12.5. The van der Waals surface area contributed by atoms with E-state index in [0.29, 0.717) is 6.42 Å². The van der Waals surface area contributed by atoms with Gasteiger partial charge in [-0.25, -0.2) is 4.79 Å². The van der Waals surface area contributed by atoms with Crippen LogP contribution in [-0.4, -0.2) is 40.3 Å². The molecule has 0 radical (unpaired) electrons. The lowest BCUT2D eigenvalue weighted by Gasteiger charge is -2.26. The number of amides is 1. The van der Waals surface area contributed by atoms with Gasteiger partial charge in [-0.3, -0.25) is 4.79 Å². The number of hydrogen-bond donors (Lipinski definition) is 1. The van der Waals surface area contributed by atoms with Crippen molar-refractivity contribution in [1.29, 1.82) is 0 Å². The fourth-order valence-corrected chi connectivity index (χ4v) is 1.78. The Balaban J connectivity index is 2.61. The number of carboxylic acid groups (broad SMARTS) is 1. The highest BCUT2D eigenvalue weighted by Gasteiger charge is 2.38. The highest BCUT2D eigenvalue weighted by atomic mass is 16.6. The minimum Gasteiger partial charge on any atom is -0.481 e. The topological polar surface area (TPSA) is 66.8 Å². The van der Waals surface area contributed by atoms with Crippen molar-refractivity contribution in [2.45, 2.75) is 45.8 Å². The van der Waals surface area contributed by atoms with Crippen molar-refractivity contribution in [2.75, 3.05) is 6.54 Å². The number of aliphatic carboxylic acids is 1. The van der Waals surface area contributed by atoms with Crippen molar-refractivity contribution in [3.8, 4) is 0 Å². The number of likely N-dealkylation sites (tertiary alicyclic amines) is 1. The number of ether oxygens (including phenoxy) is 1. The van der Waals surface area contributed by atoms with E-state index >= 15 is 0 Å². The predicted octanol–water partition coefficient (Wildman–Crippen LogP) is 1.72. The minimum atomic E-state index is -0.849. The summed E-state index contributed by atoms with van der Waals surface area (Å²) < 4.78 is 5.21. The highest BCUT2D eigenvalue weighted by Crippen LogP contribution is 2.25. The Labute approximate surface area is 95.4 Å². The zero-order valence-corrected chi connectivity index (χ0v) is 10.2. The summed E-state index contributed by atoms with van der Waals surface area (Å²) in [5, 5.41) is 8.88. The zero-order valence-electron chi connectivity index (χ0n) is 10.2. The number of carboxylic acids is 1. The second kappa shape index (κ2) is 4.31. The molecular formula is C11H19NO4. The molecule has 0 aliphatic carbocycles. The number of rotatable bonds is 1. The van der Waals surface area contributed by atoms with Gasteiger partial charge >= 0.3 is 12.1 Å². The summed E-state index contributed by atoms with van der Waals surface area (Å²) in [4.78, 5) is 24.1. The van der Waals surface area contributed by atoms with Gasteiger partial charge in [0, 0.05) is 12.6 Å². The largest absolute Gasteiger partial charge is 0.481 e. The van der Waals surface area contributed by atoms with Gasteiger partial charge in [-0.2, -0.15) is 0 Å². The van der Waals surface area contributed by atoms with Crippen molar-refractivity contribution < 1.29 is 19.4 Å². The molecule has 1 fully saturated rings. The minimum absolute atomic E-state index is 0.0732. The maximum Gasteiger partial charge on any atom is 0.410 e. The van der Waals surface area contributed by atoms with Gasteiger partial charge in [-0.1, -0.05) is 0 Å². The summed E-state index contributed by atoms with van der Waals surface area (Å²) in [6, 6.07) is -0.0732. The molecule has 0 aromatic heterocycles. The predicted molar refractivity (Wildman–Crippen MR) is 58.1 cm³/mol. The third-order valence-corrected chi connectivity index (χ3v) is 2.55. The summed E-state index contributed by atoms with van der Waals surface area (Å²) in [7, 11) is 0. The molecule has 1 heterocycles. The molecular weight excluding hydrogens is 210 g/mol. The molecule has 2 atom stereocenters. The Bertz CT molecular complexity index is 295. The molecule has 1 aliphatic heterocycles. The molecule has 0 bridgehead atoms. The van der Waals surface area contributed by atoms with E-state index in [4.69, 9.17) is 9.84 Å². The first-order valence-electron chi connectivity index (χ1n) is 5.43. The molecule has 5 heteroatoms. The van der Waals surface area contributed by atoms with Gasteiger partial charge in [-0.15, -0.1) is 0 Å². The molecule has 5 nitrogen and oxygen atoms in total. The number of nitrogens with zero attached hydrogens (tertiary/aromatic N) is 1.